The fourth-order valence-electron chi connectivity index (χ4n) is 1.38. The molecule has 16 heavy (non-hydrogen) atoms. The second-order valence-corrected chi connectivity index (χ2v) is 5.02. The molecular weight excluding hydrogens is 249 g/mol. The van der Waals surface area contributed by atoms with Crippen LogP contribution in [0.15, 0.2) is 24.4 Å². The smallest absolute Gasteiger partial charge is 0.123 e. The molecule has 0 aliphatic rings. The predicted octanol–water partition coefficient (Wildman–Crippen LogP) is 3.33. The molecule has 2 rings (SSSR count). The molecule has 1 aromatic heterocycles. The van der Waals surface area contributed by atoms with Crippen LogP contribution in [0.4, 0.5) is 4.39 Å². The SMILES string of the molecule is Cc1ncc(C(O)c2cc(F)ccc2Cl)s1. The van der Waals surface area contributed by atoms with Gasteiger partial charge in [-0.15, -0.1) is 11.3 Å². The molecule has 84 valence electrons. The van der Waals surface area contributed by atoms with Crippen LogP contribution in [0.1, 0.15) is 21.6 Å². The van der Waals surface area contributed by atoms with E-state index in [9.17, 15) is 9.50 Å². The molecule has 2 nitrogen and oxygen atoms in total. The van der Waals surface area contributed by atoms with Gasteiger partial charge in [0.25, 0.3) is 0 Å². The van der Waals surface area contributed by atoms with Gasteiger partial charge in [-0.1, -0.05) is 11.6 Å². The Morgan fingerprint density at radius 1 is 1.50 bits per heavy atom. The summed E-state index contributed by atoms with van der Waals surface area (Å²) in [6, 6.07) is 3.93. The molecule has 1 N–H and O–H groups in total. The second-order valence-electron chi connectivity index (χ2n) is 3.35. The van der Waals surface area contributed by atoms with Crippen molar-refractivity contribution in [3.8, 4) is 0 Å². The Kier molecular flexibility index (Phi) is 3.23. The first-order valence-corrected chi connectivity index (χ1v) is 5.82. The third kappa shape index (κ3) is 2.24. The lowest BCUT2D eigenvalue weighted by atomic mass is 10.1. The maximum absolute atomic E-state index is 13.0. The minimum atomic E-state index is -0.922. The molecule has 0 amide bonds. The first kappa shape index (κ1) is 11.5. The zero-order valence-corrected chi connectivity index (χ0v) is 10.0. The molecule has 1 aromatic carbocycles. The van der Waals surface area contributed by atoms with E-state index in [1.54, 1.807) is 6.20 Å². The quantitative estimate of drug-likeness (QED) is 0.895. The highest BCUT2D eigenvalue weighted by molar-refractivity contribution is 7.11. The van der Waals surface area contributed by atoms with Gasteiger partial charge in [0.05, 0.1) is 9.88 Å². The van der Waals surface area contributed by atoms with Crippen LogP contribution in [0.2, 0.25) is 5.02 Å². The van der Waals surface area contributed by atoms with Crippen LogP contribution in [-0.4, -0.2) is 10.1 Å². The summed E-state index contributed by atoms with van der Waals surface area (Å²) in [5.74, 6) is -0.417. The van der Waals surface area contributed by atoms with E-state index in [0.29, 0.717) is 15.5 Å². The number of halogens is 2. The highest BCUT2D eigenvalue weighted by Crippen LogP contribution is 2.31. The Bertz CT molecular complexity index is 514. The lowest BCUT2D eigenvalue weighted by Gasteiger charge is -2.10. The molecule has 5 heteroatoms. The first-order chi connectivity index (χ1) is 7.58. The van der Waals surface area contributed by atoms with Crippen molar-refractivity contribution in [2.24, 2.45) is 0 Å². The van der Waals surface area contributed by atoms with E-state index < -0.39 is 11.9 Å². The number of aliphatic hydroxyl groups excluding tert-OH is 1. The summed E-state index contributed by atoms with van der Waals surface area (Å²) < 4.78 is 13.0. The molecule has 1 atom stereocenters. The molecule has 2 aromatic rings. The summed E-state index contributed by atoms with van der Waals surface area (Å²) in [5.41, 5.74) is 0.366. The van der Waals surface area contributed by atoms with Crippen LogP contribution in [-0.2, 0) is 0 Å². The van der Waals surface area contributed by atoms with Gasteiger partial charge in [0, 0.05) is 16.8 Å². The molecule has 0 radical (unpaired) electrons. The van der Waals surface area contributed by atoms with Crippen molar-refractivity contribution >= 4 is 22.9 Å². The molecule has 0 aliphatic carbocycles. The number of hydrogen-bond donors (Lipinski definition) is 1. The third-order valence-corrected chi connectivity index (χ3v) is 3.47. The van der Waals surface area contributed by atoms with Gasteiger partial charge < -0.3 is 5.11 Å². The Balaban J connectivity index is 2.40. The number of hydrogen-bond acceptors (Lipinski definition) is 3. The summed E-state index contributed by atoms with van der Waals surface area (Å²) in [6.07, 6.45) is 0.653. The van der Waals surface area contributed by atoms with E-state index in [0.717, 1.165) is 5.01 Å². The number of aryl methyl sites for hydroxylation is 1. The average Bonchev–Trinajstić information content (AvgIpc) is 2.67. The van der Waals surface area contributed by atoms with Crippen LogP contribution in [0, 0.1) is 12.7 Å². The lowest BCUT2D eigenvalue weighted by molar-refractivity contribution is 0.223. The van der Waals surface area contributed by atoms with Crippen LogP contribution in [0.3, 0.4) is 0 Å². The van der Waals surface area contributed by atoms with Crippen molar-refractivity contribution in [2.75, 3.05) is 0 Å². The van der Waals surface area contributed by atoms with E-state index in [1.165, 1.54) is 29.5 Å². The van der Waals surface area contributed by atoms with E-state index in [1.807, 2.05) is 6.92 Å². The fraction of sp³-hybridized carbons (Fsp3) is 0.182. The van der Waals surface area contributed by atoms with Gasteiger partial charge in [-0.05, 0) is 25.1 Å². The molecule has 0 saturated carbocycles. The number of nitrogens with zero attached hydrogens (tertiary/aromatic N) is 1. The maximum Gasteiger partial charge on any atom is 0.123 e. The minimum Gasteiger partial charge on any atom is -0.383 e. The zero-order chi connectivity index (χ0) is 11.7. The zero-order valence-electron chi connectivity index (χ0n) is 8.45. The Hall–Kier alpha value is -0.970. The number of thiazole rings is 1. The van der Waals surface area contributed by atoms with Crippen LogP contribution < -0.4 is 0 Å². The first-order valence-electron chi connectivity index (χ1n) is 4.63. The van der Waals surface area contributed by atoms with Crippen molar-refractivity contribution in [1.29, 1.82) is 0 Å². The maximum atomic E-state index is 13.0. The van der Waals surface area contributed by atoms with Gasteiger partial charge in [0.1, 0.15) is 11.9 Å². The fourth-order valence-corrected chi connectivity index (χ4v) is 2.39. The van der Waals surface area contributed by atoms with Gasteiger partial charge >= 0.3 is 0 Å². The lowest BCUT2D eigenvalue weighted by Crippen LogP contribution is -1.98. The monoisotopic (exact) mass is 257 g/mol. The molecule has 1 heterocycles. The van der Waals surface area contributed by atoms with Gasteiger partial charge in [-0.2, -0.15) is 0 Å². The molecule has 0 aliphatic heterocycles. The van der Waals surface area contributed by atoms with Gasteiger partial charge in [0.15, 0.2) is 0 Å². The molecular formula is C11H9ClFNOS. The summed E-state index contributed by atoms with van der Waals surface area (Å²) in [6.45, 7) is 1.84. The predicted molar refractivity (Wildman–Crippen MR) is 62.3 cm³/mol. The van der Waals surface area contributed by atoms with Crippen molar-refractivity contribution in [3.63, 3.8) is 0 Å². The third-order valence-electron chi connectivity index (χ3n) is 2.16. The summed E-state index contributed by atoms with van der Waals surface area (Å²) in [5, 5.41) is 11.2. The second kappa shape index (κ2) is 4.49. The number of rotatable bonds is 2. The van der Waals surface area contributed by atoms with Crippen LogP contribution in [0.5, 0.6) is 0 Å². The van der Waals surface area contributed by atoms with E-state index in [-0.39, 0.29) is 0 Å². The van der Waals surface area contributed by atoms with E-state index >= 15 is 0 Å². The highest BCUT2D eigenvalue weighted by Gasteiger charge is 2.16. The molecule has 0 bridgehead atoms. The minimum absolute atomic E-state index is 0.347. The van der Waals surface area contributed by atoms with Crippen molar-refractivity contribution in [1.82, 2.24) is 4.98 Å². The number of aromatic nitrogens is 1. The molecule has 0 saturated heterocycles. The van der Waals surface area contributed by atoms with Gasteiger partial charge in [-0.25, -0.2) is 9.37 Å². The van der Waals surface area contributed by atoms with Crippen molar-refractivity contribution in [2.45, 2.75) is 13.0 Å². The van der Waals surface area contributed by atoms with Gasteiger partial charge in [0.2, 0.25) is 0 Å². The summed E-state index contributed by atoms with van der Waals surface area (Å²) in [4.78, 5) is 4.69. The van der Waals surface area contributed by atoms with E-state index in [4.69, 9.17) is 11.6 Å². The van der Waals surface area contributed by atoms with Crippen molar-refractivity contribution in [3.05, 3.63) is 50.7 Å². The topological polar surface area (TPSA) is 33.1 Å². The van der Waals surface area contributed by atoms with Crippen LogP contribution in [0.25, 0.3) is 0 Å². The summed E-state index contributed by atoms with van der Waals surface area (Å²) in [7, 11) is 0. The Morgan fingerprint density at radius 2 is 2.25 bits per heavy atom. The normalized spacial score (nSPS) is 12.8. The number of aliphatic hydroxyl groups is 1. The van der Waals surface area contributed by atoms with E-state index in [2.05, 4.69) is 4.98 Å². The Morgan fingerprint density at radius 3 is 2.88 bits per heavy atom. The van der Waals surface area contributed by atoms with Crippen molar-refractivity contribution < 1.29 is 9.50 Å². The summed E-state index contributed by atoms with van der Waals surface area (Å²) >= 11 is 7.27. The largest absolute Gasteiger partial charge is 0.383 e. The standard InChI is InChI=1S/C11H9ClFNOS/c1-6-14-5-10(16-6)11(15)8-4-7(13)2-3-9(8)12/h2-5,11,15H,1H3. The van der Waals surface area contributed by atoms with Crippen LogP contribution >= 0.6 is 22.9 Å². The Labute approximate surface area is 101 Å². The highest BCUT2D eigenvalue weighted by atomic mass is 35.5. The average molecular weight is 258 g/mol. The molecule has 0 spiro atoms. The van der Waals surface area contributed by atoms with Gasteiger partial charge in [-0.3, -0.25) is 0 Å². The molecule has 1 unspecified atom stereocenters. The molecule has 0 fully saturated rings. The number of benzene rings is 1.